The number of thiophene rings is 1. The highest BCUT2D eigenvalue weighted by molar-refractivity contribution is 7.15. The molecule has 3 aromatic carbocycles. The summed E-state index contributed by atoms with van der Waals surface area (Å²) < 4.78 is 14.4. The van der Waals surface area contributed by atoms with Crippen LogP contribution in [0.15, 0.2) is 83.3 Å². The van der Waals surface area contributed by atoms with Crippen LogP contribution in [-0.2, 0) is 25.7 Å². The minimum atomic E-state index is -1.03. The van der Waals surface area contributed by atoms with E-state index in [-0.39, 0.29) is 49.9 Å². The lowest BCUT2D eigenvalue weighted by Gasteiger charge is -2.36. The van der Waals surface area contributed by atoms with Gasteiger partial charge in [0.1, 0.15) is 35.1 Å². The fourth-order valence-corrected chi connectivity index (χ4v) is 11.5. The van der Waals surface area contributed by atoms with Crippen molar-refractivity contribution >= 4 is 63.6 Å². The van der Waals surface area contributed by atoms with E-state index in [0.717, 1.165) is 54.0 Å². The smallest absolute Gasteiger partial charge is 0.258 e. The summed E-state index contributed by atoms with van der Waals surface area (Å²) in [7, 11) is 0. The number of ether oxygens (including phenoxy) is 2. The molecule has 0 bridgehead atoms. The van der Waals surface area contributed by atoms with Crippen LogP contribution in [0.4, 0.5) is 0 Å². The van der Waals surface area contributed by atoms with Crippen LogP contribution in [-0.4, -0.2) is 103 Å². The standard InChI is InChI=1S/C53H58ClN9O7S2/c1-28-30(3)72-52-45(28)46(33-16-18-35(54)19-17-33)58-39(49-61-60-31(4)63(49)52)23-43(65)57-36-20-38(21-36)70-42-11-9-8-10-41(42)69-26-44(66)59-48(53(5,6)7)51(68)62-25-37(64)22-40(62)50(67)55-24-32-12-14-34(15-13-32)47-29(2)56-27-71-47/h8-19,27,36-40,48,64H,20-26H2,1-7H3,(H,55,67)(H,57,65)(H,59,66)/t36-,37-,38+,39+,40+,48?/m1/s1. The molecule has 1 unspecified atom stereocenters. The van der Waals surface area contributed by atoms with Gasteiger partial charge in [-0.05, 0) is 74.1 Å². The number of likely N-dealkylation sites (tertiary alicyclic amines) is 1. The first kappa shape index (κ1) is 50.5. The molecule has 19 heteroatoms. The molecule has 2 fully saturated rings. The second kappa shape index (κ2) is 20.9. The summed E-state index contributed by atoms with van der Waals surface area (Å²) in [4.78, 5) is 68.3. The molecule has 5 heterocycles. The first-order chi connectivity index (χ1) is 34.4. The molecule has 1 saturated carbocycles. The lowest BCUT2D eigenvalue weighted by molar-refractivity contribution is -0.144. The molecule has 4 amide bonds. The maximum atomic E-state index is 14.2. The second-order valence-corrected chi connectivity index (χ2v) is 22.3. The molecule has 3 aromatic heterocycles. The van der Waals surface area contributed by atoms with Gasteiger partial charge >= 0.3 is 0 Å². The highest BCUT2D eigenvalue weighted by Gasteiger charge is 2.45. The van der Waals surface area contributed by atoms with Gasteiger partial charge < -0.3 is 35.4 Å². The number of hydrogen-bond acceptors (Lipinski definition) is 13. The lowest BCUT2D eigenvalue weighted by Crippen LogP contribution is -2.58. The highest BCUT2D eigenvalue weighted by Crippen LogP contribution is 2.40. The summed E-state index contributed by atoms with van der Waals surface area (Å²) in [5, 5.41) is 30.2. The van der Waals surface area contributed by atoms with Crippen LogP contribution in [0.1, 0.15) is 97.0 Å². The van der Waals surface area contributed by atoms with Crippen molar-refractivity contribution in [2.24, 2.45) is 10.4 Å². The number of thiazole rings is 1. The molecule has 0 spiro atoms. The van der Waals surface area contributed by atoms with Gasteiger partial charge in [-0.1, -0.05) is 80.9 Å². The van der Waals surface area contributed by atoms with Crippen LogP contribution in [0.25, 0.3) is 15.4 Å². The molecule has 3 aliphatic rings. The molecule has 1 saturated heterocycles. The first-order valence-electron chi connectivity index (χ1n) is 24.0. The number of aryl methyl sites for hydroxylation is 3. The van der Waals surface area contributed by atoms with E-state index in [2.05, 4.69) is 45.0 Å². The third-order valence-corrected chi connectivity index (χ3v) is 15.8. The molecule has 6 aromatic rings. The molecular weight excluding hydrogens is 974 g/mol. The van der Waals surface area contributed by atoms with Crippen molar-refractivity contribution in [2.45, 2.75) is 117 Å². The number of nitrogens with zero attached hydrogens (tertiary/aromatic N) is 6. The van der Waals surface area contributed by atoms with E-state index in [9.17, 15) is 24.3 Å². The first-order valence-corrected chi connectivity index (χ1v) is 26.1. The number of carbonyl (C=O) groups is 4. The zero-order valence-corrected chi connectivity index (χ0v) is 43.6. The Hall–Kier alpha value is -6.47. The molecular formula is C53H58ClN9O7S2. The van der Waals surface area contributed by atoms with Gasteiger partial charge in [0.25, 0.3) is 5.91 Å². The number of halogens is 1. The predicted molar refractivity (Wildman–Crippen MR) is 277 cm³/mol. The third kappa shape index (κ3) is 10.8. The number of rotatable bonds is 15. The molecule has 16 nitrogen and oxygen atoms in total. The number of amides is 4. The van der Waals surface area contributed by atoms with Crippen LogP contribution in [0.3, 0.4) is 0 Å². The summed E-state index contributed by atoms with van der Waals surface area (Å²) in [6, 6.07) is 19.8. The van der Waals surface area contributed by atoms with Crippen molar-refractivity contribution in [2.75, 3.05) is 13.2 Å². The minimum Gasteiger partial charge on any atom is -0.486 e. The Bertz CT molecular complexity index is 3030. The Balaban J connectivity index is 0.781. The number of para-hydroxylation sites is 2. The Morgan fingerprint density at radius 1 is 0.903 bits per heavy atom. The summed E-state index contributed by atoms with van der Waals surface area (Å²) in [5.41, 5.74) is 7.70. The summed E-state index contributed by atoms with van der Waals surface area (Å²) in [6.45, 7) is 13.3. The van der Waals surface area contributed by atoms with Crippen LogP contribution in [0.5, 0.6) is 11.5 Å². The molecule has 376 valence electrons. The zero-order valence-electron chi connectivity index (χ0n) is 41.2. The van der Waals surface area contributed by atoms with E-state index in [0.29, 0.717) is 41.0 Å². The van der Waals surface area contributed by atoms with Crippen LogP contribution in [0, 0.1) is 33.1 Å². The topological polar surface area (TPSA) is 202 Å². The summed E-state index contributed by atoms with van der Waals surface area (Å²) in [5.74, 6) is 0.510. The molecule has 4 atom stereocenters. The van der Waals surface area contributed by atoms with Crippen LogP contribution < -0.4 is 25.4 Å². The van der Waals surface area contributed by atoms with E-state index < -0.39 is 48.1 Å². The van der Waals surface area contributed by atoms with Gasteiger partial charge in [0.05, 0.1) is 34.3 Å². The van der Waals surface area contributed by atoms with Crippen molar-refractivity contribution < 1.29 is 33.8 Å². The van der Waals surface area contributed by atoms with Gasteiger partial charge in [-0.3, -0.25) is 28.7 Å². The predicted octanol–water partition coefficient (Wildman–Crippen LogP) is 7.54. The maximum Gasteiger partial charge on any atom is 0.258 e. The monoisotopic (exact) mass is 1030 g/mol. The number of fused-ring (bicyclic) bond motifs is 3. The van der Waals surface area contributed by atoms with E-state index in [1.54, 1.807) is 46.9 Å². The number of aliphatic hydroxyl groups excluding tert-OH is 1. The van der Waals surface area contributed by atoms with Crippen molar-refractivity contribution in [3.05, 3.63) is 128 Å². The van der Waals surface area contributed by atoms with Crippen LogP contribution in [0.2, 0.25) is 5.02 Å². The van der Waals surface area contributed by atoms with Gasteiger partial charge in [-0.25, -0.2) is 4.98 Å². The second-order valence-electron chi connectivity index (χ2n) is 19.8. The van der Waals surface area contributed by atoms with Crippen molar-refractivity contribution in [1.29, 1.82) is 0 Å². The summed E-state index contributed by atoms with van der Waals surface area (Å²) >= 11 is 9.50. The van der Waals surface area contributed by atoms with E-state index in [1.807, 2.05) is 93.2 Å². The number of aliphatic hydroxyl groups is 1. The number of nitrogens with one attached hydrogen (secondary N) is 3. The lowest BCUT2D eigenvalue weighted by atomic mass is 9.85. The fraction of sp³-hybridized carbons (Fsp3) is 0.396. The van der Waals surface area contributed by atoms with E-state index in [4.69, 9.17) is 26.1 Å². The Labute approximate surface area is 431 Å². The maximum absolute atomic E-state index is 14.2. The van der Waals surface area contributed by atoms with E-state index in [1.165, 1.54) is 4.90 Å². The van der Waals surface area contributed by atoms with Crippen LogP contribution >= 0.6 is 34.3 Å². The average molecular weight is 1030 g/mol. The number of benzene rings is 3. The van der Waals surface area contributed by atoms with Gasteiger partial charge in [0, 0.05) is 59.4 Å². The third-order valence-electron chi connectivity index (χ3n) is 13.4. The number of aromatic nitrogens is 4. The SMILES string of the molecule is Cc1ncsc1-c1ccc(CNC(=O)[C@@H]2C[C@@H](O)CN2C(=O)C(NC(=O)COc2ccccc2O[C@H]2C[C@@H](NC(=O)C[C@@H]3N=C(c4ccc(Cl)cc4)c4c(sc(C)c4C)-n4c(C)nnc43)C2)C(C)(C)C)cc1. The largest absolute Gasteiger partial charge is 0.486 e. The van der Waals surface area contributed by atoms with Gasteiger partial charge in [0.15, 0.2) is 23.9 Å². The van der Waals surface area contributed by atoms with Crippen molar-refractivity contribution in [3.8, 4) is 26.9 Å². The van der Waals surface area contributed by atoms with Gasteiger partial charge in [-0.2, -0.15) is 0 Å². The molecule has 1 aliphatic carbocycles. The molecule has 9 rings (SSSR count). The molecule has 2 aliphatic heterocycles. The van der Waals surface area contributed by atoms with E-state index >= 15 is 0 Å². The molecule has 0 radical (unpaired) electrons. The van der Waals surface area contributed by atoms with Crippen molar-refractivity contribution in [1.82, 2.24) is 40.6 Å². The van der Waals surface area contributed by atoms with Gasteiger partial charge in [0.2, 0.25) is 17.7 Å². The van der Waals surface area contributed by atoms with Crippen molar-refractivity contribution in [3.63, 3.8) is 0 Å². The normalized spacial score (nSPS) is 19.8. The highest BCUT2D eigenvalue weighted by atomic mass is 35.5. The number of β-amino-alcohol motifs (C(OH)–C–C–N with tert-alkyl or cyclic N) is 1. The quantitative estimate of drug-likeness (QED) is 0.0797. The Morgan fingerprint density at radius 3 is 2.31 bits per heavy atom. The van der Waals surface area contributed by atoms with Gasteiger partial charge in [-0.15, -0.1) is 32.9 Å². The summed E-state index contributed by atoms with van der Waals surface area (Å²) in [6.07, 6.45) is 0.108. The Morgan fingerprint density at radius 2 is 1.61 bits per heavy atom. The number of hydrogen-bond donors (Lipinski definition) is 4. The molecule has 4 N–H and O–H groups in total. The number of carbonyl (C=O) groups excluding carboxylic acids is 4. The fourth-order valence-electron chi connectivity index (χ4n) is 9.35. The number of aliphatic imine (C=N–C) groups is 1. The minimum absolute atomic E-state index is 0.0457. The Kier molecular flexibility index (Phi) is 14.7. The zero-order chi connectivity index (χ0) is 51.0. The molecule has 72 heavy (non-hydrogen) atoms. The average Bonchev–Trinajstić information content (AvgIpc) is 4.11.